The number of carbonyl (C=O) groups excluding carboxylic acids is 2. The van der Waals surface area contributed by atoms with Crippen molar-refractivity contribution in [1.29, 1.82) is 0 Å². The zero-order valence-electron chi connectivity index (χ0n) is 26.9. The lowest BCUT2D eigenvalue weighted by atomic mass is 9.81. The summed E-state index contributed by atoms with van der Waals surface area (Å²) in [5.41, 5.74) is 3.92. The molecule has 0 radical (unpaired) electrons. The molecule has 3 aliphatic rings. The molecule has 1 aliphatic carbocycles. The fourth-order valence-electron chi connectivity index (χ4n) is 6.83. The number of aliphatic hydroxyl groups is 1. The number of aliphatic hydroxyl groups excluding tert-OH is 1. The Morgan fingerprint density at radius 3 is 2.42 bits per heavy atom. The summed E-state index contributed by atoms with van der Waals surface area (Å²) in [6, 6.07) is 15.9. The van der Waals surface area contributed by atoms with Gasteiger partial charge in [0.25, 0.3) is 5.91 Å². The molecule has 1 saturated heterocycles. The predicted molar refractivity (Wildman–Crippen MR) is 177 cm³/mol. The Kier molecular flexibility index (Phi) is 10.1. The van der Waals surface area contributed by atoms with E-state index >= 15 is 0 Å². The van der Waals surface area contributed by atoms with Crippen LogP contribution < -0.4 is 10.1 Å². The van der Waals surface area contributed by atoms with Crippen molar-refractivity contribution in [2.75, 3.05) is 13.1 Å². The number of hydrogen-bond donors (Lipinski definition) is 2. The third kappa shape index (κ3) is 7.26. The van der Waals surface area contributed by atoms with Crippen molar-refractivity contribution in [3.8, 4) is 5.75 Å². The first kappa shape index (κ1) is 34.0. The van der Waals surface area contributed by atoms with Crippen LogP contribution in [0.3, 0.4) is 0 Å². The van der Waals surface area contributed by atoms with Crippen molar-refractivity contribution in [1.82, 2.24) is 15.1 Å². The van der Waals surface area contributed by atoms with Gasteiger partial charge in [-0.3, -0.25) is 9.59 Å². The molecule has 3 aromatic rings. The van der Waals surface area contributed by atoms with E-state index < -0.39 is 41.5 Å². The molecule has 7 nitrogen and oxygen atoms in total. The number of carbonyl (C=O) groups is 2. The van der Waals surface area contributed by atoms with E-state index in [0.29, 0.717) is 49.1 Å². The van der Waals surface area contributed by atoms with E-state index in [1.165, 1.54) is 0 Å². The van der Waals surface area contributed by atoms with E-state index in [1.807, 2.05) is 53.4 Å². The molecule has 2 heterocycles. The Morgan fingerprint density at radius 2 is 1.73 bits per heavy atom. The molecule has 48 heavy (non-hydrogen) atoms. The van der Waals surface area contributed by atoms with Crippen molar-refractivity contribution in [3.05, 3.63) is 105 Å². The van der Waals surface area contributed by atoms with Crippen molar-refractivity contribution in [2.45, 2.75) is 82.8 Å². The lowest BCUT2D eigenvalue weighted by Gasteiger charge is -2.48. The summed E-state index contributed by atoms with van der Waals surface area (Å²) in [7, 11) is 0. The largest absolute Gasteiger partial charge is 0.484 e. The maximum absolute atomic E-state index is 14.7. The highest BCUT2D eigenvalue weighted by atomic mass is 35.5. The molecule has 2 aliphatic heterocycles. The number of fused-ring (bicyclic) bond motifs is 2. The molecular formula is C37H39ClF3N3O4. The first-order valence-corrected chi connectivity index (χ1v) is 16.8. The standard InChI is InChI=1S/C37H39ClF3N3O4/c1-21(45)15-33(46)44-27-17-28(24-9-7-23(8-10-24)16-22(2)48-36-31(40)14-13-30(39)35(36)41)34(32(44)19-42-18-27)37(47)43(26-11-12-26)20-25-5-3-4-6-29(25)38/h3-10,13-14,21-22,26-27,32,42,45H,11-12,15-20H2,1-2H3/t21-,22?,27+,32+/m0/s1. The summed E-state index contributed by atoms with van der Waals surface area (Å²) >= 11 is 6.52. The third-order valence-electron chi connectivity index (χ3n) is 9.23. The molecule has 6 rings (SSSR count). The number of hydrogen-bond acceptors (Lipinski definition) is 5. The van der Waals surface area contributed by atoms with E-state index in [4.69, 9.17) is 16.3 Å². The summed E-state index contributed by atoms with van der Waals surface area (Å²) in [5, 5.41) is 14.1. The van der Waals surface area contributed by atoms with Gasteiger partial charge in [0.15, 0.2) is 17.4 Å². The molecule has 3 aromatic carbocycles. The second-order valence-electron chi connectivity index (χ2n) is 13.0. The Hall–Kier alpha value is -3.86. The minimum absolute atomic E-state index is 0.0336. The van der Waals surface area contributed by atoms with Crippen molar-refractivity contribution in [3.63, 3.8) is 0 Å². The van der Waals surface area contributed by atoms with Gasteiger partial charge in [-0.2, -0.15) is 4.39 Å². The molecule has 2 bridgehead atoms. The van der Waals surface area contributed by atoms with E-state index in [2.05, 4.69) is 5.32 Å². The highest BCUT2D eigenvalue weighted by Crippen LogP contribution is 2.40. The van der Waals surface area contributed by atoms with Crippen LogP contribution in [0.2, 0.25) is 5.02 Å². The Morgan fingerprint density at radius 1 is 1.02 bits per heavy atom. The van der Waals surface area contributed by atoms with Gasteiger partial charge >= 0.3 is 0 Å². The number of halogens is 4. The number of nitrogens with zero attached hydrogens (tertiary/aromatic N) is 2. The maximum Gasteiger partial charge on any atom is 0.252 e. The van der Waals surface area contributed by atoms with Gasteiger partial charge in [0.05, 0.1) is 18.6 Å². The summed E-state index contributed by atoms with van der Waals surface area (Å²) in [4.78, 5) is 31.9. The van der Waals surface area contributed by atoms with Gasteiger partial charge in [-0.05, 0) is 73.6 Å². The van der Waals surface area contributed by atoms with Crippen LogP contribution in [-0.4, -0.2) is 70.1 Å². The van der Waals surface area contributed by atoms with Crippen LogP contribution in [0.15, 0.2) is 66.2 Å². The van der Waals surface area contributed by atoms with Gasteiger partial charge in [-0.1, -0.05) is 54.1 Å². The van der Waals surface area contributed by atoms with Crippen LogP contribution in [0.4, 0.5) is 13.2 Å². The number of amides is 2. The summed E-state index contributed by atoms with van der Waals surface area (Å²) in [6.07, 6.45) is 0.993. The molecule has 1 unspecified atom stereocenters. The Balaban J connectivity index is 1.33. The van der Waals surface area contributed by atoms with E-state index in [1.54, 1.807) is 18.7 Å². The average molecular weight is 682 g/mol. The molecule has 11 heteroatoms. The minimum atomic E-state index is -1.37. The van der Waals surface area contributed by atoms with Crippen LogP contribution in [0.5, 0.6) is 5.75 Å². The minimum Gasteiger partial charge on any atom is -0.484 e. The van der Waals surface area contributed by atoms with Crippen LogP contribution in [-0.2, 0) is 22.6 Å². The van der Waals surface area contributed by atoms with Gasteiger partial charge in [-0.15, -0.1) is 0 Å². The van der Waals surface area contributed by atoms with Gasteiger partial charge in [0.2, 0.25) is 11.7 Å². The second kappa shape index (κ2) is 14.3. The lowest BCUT2D eigenvalue weighted by molar-refractivity contribution is -0.140. The fourth-order valence-corrected chi connectivity index (χ4v) is 7.02. The lowest BCUT2D eigenvalue weighted by Crippen LogP contribution is -2.63. The molecule has 0 spiro atoms. The number of ether oxygens (including phenoxy) is 1. The zero-order chi connectivity index (χ0) is 34.1. The first-order valence-electron chi connectivity index (χ1n) is 16.4. The monoisotopic (exact) mass is 681 g/mol. The first-order chi connectivity index (χ1) is 23.0. The SMILES string of the molecule is CC(Cc1ccc(C2=C(C(=O)N(Cc3ccccc3Cl)C3CC3)[C@H]3CNC[C@@H](C2)N3C(=O)C[C@H](C)O)cc1)Oc1c(F)ccc(F)c1F. The maximum atomic E-state index is 14.7. The molecule has 254 valence electrons. The van der Waals surface area contributed by atoms with Crippen LogP contribution in [0.25, 0.3) is 5.57 Å². The quantitative estimate of drug-likeness (QED) is 0.241. The zero-order valence-corrected chi connectivity index (χ0v) is 27.7. The van der Waals surface area contributed by atoms with Crippen LogP contribution in [0, 0.1) is 17.5 Å². The topological polar surface area (TPSA) is 82.1 Å². The van der Waals surface area contributed by atoms with Crippen molar-refractivity contribution in [2.24, 2.45) is 0 Å². The Labute approximate surface area is 283 Å². The number of nitrogens with one attached hydrogen (secondary N) is 1. The molecular weight excluding hydrogens is 643 g/mol. The van der Waals surface area contributed by atoms with E-state index in [9.17, 15) is 27.9 Å². The molecule has 4 atom stereocenters. The second-order valence-corrected chi connectivity index (χ2v) is 13.4. The Bertz CT molecular complexity index is 1710. The van der Waals surface area contributed by atoms with E-state index in [0.717, 1.165) is 41.2 Å². The molecule has 2 fully saturated rings. The summed E-state index contributed by atoms with van der Waals surface area (Å²) in [5.74, 6) is -4.61. The average Bonchev–Trinajstić information content (AvgIpc) is 3.89. The van der Waals surface area contributed by atoms with Gasteiger partial charge in [-0.25, -0.2) is 8.78 Å². The smallest absolute Gasteiger partial charge is 0.252 e. The van der Waals surface area contributed by atoms with Crippen LogP contribution >= 0.6 is 11.6 Å². The summed E-state index contributed by atoms with van der Waals surface area (Å²) < 4.78 is 47.5. The van der Waals surface area contributed by atoms with Crippen LogP contribution in [0.1, 0.15) is 56.2 Å². The third-order valence-corrected chi connectivity index (χ3v) is 9.60. The molecule has 1 saturated carbocycles. The fraction of sp³-hybridized carbons (Fsp3) is 0.405. The molecule has 2 N–H and O–H groups in total. The van der Waals surface area contributed by atoms with Gasteiger partial charge in [0, 0.05) is 48.7 Å². The normalized spacial score (nSPS) is 20.4. The number of piperazine rings is 1. The number of benzene rings is 3. The molecule has 2 amide bonds. The van der Waals surface area contributed by atoms with Crippen molar-refractivity contribution >= 4 is 29.0 Å². The molecule has 0 aromatic heterocycles. The highest BCUT2D eigenvalue weighted by molar-refractivity contribution is 6.31. The predicted octanol–water partition coefficient (Wildman–Crippen LogP) is 6.06. The van der Waals surface area contributed by atoms with Gasteiger partial charge < -0.3 is 25.0 Å². The number of rotatable bonds is 11. The summed E-state index contributed by atoms with van der Waals surface area (Å²) in [6.45, 7) is 4.53. The van der Waals surface area contributed by atoms with E-state index in [-0.39, 0.29) is 30.3 Å². The van der Waals surface area contributed by atoms with Gasteiger partial charge in [0.1, 0.15) is 6.10 Å². The highest BCUT2D eigenvalue weighted by Gasteiger charge is 2.46. The van der Waals surface area contributed by atoms with Crippen molar-refractivity contribution < 1.29 is 32.6 Å².